The smallest absolute Gasteiger partial charge is 0.239 e. The van der Waals surface area contributed by atoms with Gasteiger partial charge in [-0.15, -0.1) is 11.6 Å². The molecule has 0 bridgehead atoms. The van der Waals surface area contributed by atoms with E-state index in [0.29, 0.717) is 18.5 Å². The maximum Gasteiger partial charge on any atom is 0.239 e. The number of nitrogens with zero attached hydrogens (tertiary/aromatic N) is 3. The molecule has 1 aromatic heterocycles. The molecular formula is C22H27ClN6O. The topological polar surface area (TPSA) is 109 Å². The Bertz CT molecular complexity index is 996. The van der Waals surface area contributed by atoms with Gasteiger partial charge in [-0.05, 0) is 36.7 Å². The molecule has 0 spiro atoms. The minimum absolute atomic E-state index is 0.0186. The summed E-state index contributed by atoms with van der Waals surface area (Å²) in [7, 11) is 1.90. The quantitative estimate of drug-likeness (QED) is 0.649. The van der Waals surface area contributed by atoms with Gasteiger partial charge in [-0.25, -0.2) is 5.43 Å². The zero-order valence-electron chi connectivity index (χ0n) is 17.2. The Morgan fingerprint density at radius 1 is 1.40 bits per heavy atom. The van der Waals surface area contributed by atoms with Crippen molar-refractivity contribution < 1.29 is 4.79 Å². The van der Waals surface area contributed by atoms with Crippen LogP contribution in [0.5, 0.6) is 0 Å². The molecule has 1 aromatic carbocycles. The highest BCUT2D eigenvalue weighted by Gasteiger charge is 2.47. The lowest BCUT2D eigenvalue weighted by molar-refractivity contribution is -0.133. The minimum atomic E-state index is -0.282. The molecule has 1 saturated carbocycles. The Labute approximate surface area is 181 Å². The number of nitrogens with one attached hydrogen (secondary N) is 2. The van der Waals surface area contributed by atoms with Crippen LogP contribution >= 0.6 is 11.6 Å². The summed E-state index contributed by atoms with van der Waals surface area (Å²) < 4.78 is 1.84. The van der Waals surface area contributed by atoms with Gasteiger partial charge in [0.05, 0.1) is 23.4 Å². The fraction of sp³-hybridized carbons (Fsp3) is 0.500. The lowest BCUT2D eigenvalue weighted by Crippen LogP contribution is -2.64. The van der Waals surface area contributed by atoms with Crippen LogP contribution in [0.2, 0.25) is 0 Å². The van der Waals surface area contributed by atoms with Crippen LogP contribution in [-0.4, -0.2) is 33.7 Å². The van der Waals surface area contributed by atoms with E-state index < -0.39 is 0 Å². The van der Waals surface area contributed by atoms with Crippen LogP contribution < -0.4 is 16.6 Å². The normalized spacial score (nSPS) is 28.5. The Morgan fingerprint density at radius 3 is 2.90 bits per heavy atom. The largest absolute Gasteiger partial charge is 0.329 e. The van der Waals surface area contributed by atoms with E-state index >= 15 is 0 Å². The number of nitrogens with two attached hydrogens (primary N) is 1. The third-order valence-corrected chi connectivity index (χ3v) is 7.13. The summed E-state index contributed by atoms with van der Waals surface area (Å²) in [5, 5.41) is 14.1. The molecule has 7 nitrogen and oxygen atoms in total. The number of aryl methyl sites for hydroxylation is 2. The average Bonchev–Trinajstić information content (AvgIpc) is 3.14. The van der Waals surface area contributed by atoms with Gasteiger partial charge in [-0.3, -0.25) is 14.9 Å². The van der Waals surface area contributed by atoms with Gasteiger partial charge in [-0.1, -0.05) is 25.1 Å². The lowest BCUT2D eigenvalue weighted by atomic mass is 9.67. The molecule has 2 aromatic rings. The SMILES string of the molecule is CCc1cccc(-c2c(C3CC(Cl)C4C(=O)NNC(CN)C4C3)cnn2C)c1C#N. The van der Waals surface area contributed by atoms with Crippen molar-refractivity contribution in [2.24, 2.45) is 24.6 Å². The number of amides is 1. The van der Waals surface area contributed by atoms with Crippen molar-refractivity contribution >= 4 is 17.5 Å². The highest BCUT2D eigenvalue weighted by Crippen LogP contribution is 2.46. The predicted molar refractivity (Wildman–Crippen MR) is 115 cm³/mol. The summed E-state index contributed by atoms with van der Waals surface area (Å²) in [5.41, 5.74) is 16.4. The van der Waals surface area contributed by atoms with Gasteiger partial charge in [-0.2, -0.15) is 10.4 Å². The fourth-order valence-electron chi connectivity index (χ4n) is 5.18. The van der Waals surface area contributed by atoms with E-state index in [1.165, 1.54) is 0 Å². The summed E-state index contributed by atoms with van der Waals surface area (Å²) in [6.07, 6.45) is 4.16. The number of hydrazine groups is 1. The van der Waals surface area contributed by atoms with Crippen molar-refractivity contribution in [1.82, 2.24) is 20.6 Å². The van der Waals surface area contributed by atoms with Gasteiger partial charge in [0, 0.05) is 36.1 Å². The van der Waals surface area contributed by atoms with Gasteiger partial charge < -0.3 is 5.73 Å². The van der Waals surface area contributed by atoms with Crippen LogP contribution in [0, 0.1) is 23.2 Å². The second kappa shape index (κ2) is 8.38. The Balaban J connectivity index is 1.76. The molecule has 2 heterocycles. The molecule has 158 valence electrons. The summed E-state index contributed by atoms with van der Waals surface area (Å²) in [4.78, 5) is 12.4. The molecule has 1 amide bonds. The van der Waals surface area contributed by atoms with Crippen molar-refractivity contribution in [2.75, 3.05) is 6.54 Å². The first kappa shape index (κ1) is 20.9. The van der Waals surface area contributed by atoms with Gasteiger partial charge in [0.15, 0.2) is 0 Å². The van der Waals surface area contributed by atoms with Crippen LogP contribution in [-0.2, 0) is 18.3 Å². The Morgan fingerprint density at radius 2 is 2.20 bits per heavy atom. The molecule has 5 unspecified atom stereocenters. The van der Waals surface area contributed by atoms with Crippen LogP contribution in [0.25, 0.3) is 11.3 Å². The van der Waals surface area contributed by atoms with Crippen molar-refractivity contribution in [3.8, 4) is 17.3 Å². The predicted octanol–water partition coefficient (Wildman–Crippen LogP) is 2.20. The second-order valence-electron chi connectivity index (χ2n) is 8.23. The van der Waals surface area contributed by atoms with E-state index in [-0.39, 0.29) is 35.1 Å². The number of benzene rings is 1. The zero-order valence-corrected chi connectivity index (χ0v) is 18.0. The molecule has 5 atom stereocenters. The lowest BCUT2D eigenvalue weighted by Gasteiger charge is -2.45. The van der Waals surface area contributed by atoms with E-state index in [1.54, 1.807) is 0 Å². The van der Waals surface area contributed by atoms with Crippen molar-refractivity contribution in [3.63, 3.8) is 0 Å². The van der Waals surface area contributed by atoms with Crippen LogP contribution in [0.15, 0.2) is 24.4 Å². The third-order valence-electron chi connectivity index (χ3n) is 6.68. The molecule has 0 radical (unpaired) electrons. The number of aromatic nitrogens is 2. The molecule has 1 aliphatic heterocycles. The van der Waals surface area contributed by atoms with E-state index in [9.17, 15) is 10.1 Å². The van der Waals surface area contributed by atoms with Gasteiger partial charge in [0.1, 0.15) is 6.07 Å². The molecule has 2 fully saturated rings. The van der Waals surface area contributed by atoms with Crippen molar-refractivity contribution in [3.05, 3.63) is 41.1 Å². The first-order chi connectivity index (χ1) is 14.5. The van der Waals surface area contributed by atoms with Crippen molar-refractivity contribution in [2.45, 2.75) is 43.5 Å². The van der Waals surface area contributed by atoms with Crippen LogP contribution in [0.1, 0.15) is 42.4 Å². The number of carbonyl (C=O) groups excluding carboxylic acids is 1. The van der Waals surface area contributed by atoms with E-state index in [2.05, 4.69) is 28.9 Å². The van der Waals surface area contributed by atoms with E-state index in [4.69, 9.17) is 17.3 Å². The monoisotopic (exact) mass is 426 g/mol. The third kappa shape index (κ3) is 3.39. The summed E-state index contributed by atoms with van der Waals surface area (Å²) in [5.74, 6) is -0.126. The van der Waals surface area contributed by atoms with Gasteiger partial charge in [0.25, 0.3) is 0 Å². The number of carbonyl (C=O) groups is 1. The maximum absolute atomic E-state index is 12.4. The molecule has 30 heavy (non-hydrogen) atoms. The molecular weight excluding hydrogens is 400 g/mol. The second-order valence-corrected chi connectivity index (χ2v) is 8.79. The number of alkyl halides is 1. The van der Waals surface area contributed by atoms with Crippen LogP contribution in [0.4, 0.5) is 0 Å². The Kier molecular flexibility index (Phi) is 5.83. The number of hydrogen-bond donors (Lipinski definition) is 3. The first-order valence-electron chi connectivity index (χ1n) is 10.4. The summed E-state index contributed by atoms with van der Waals surface area (Å²) in [6, 6.07) is 8.35. The number of nitriles is 1. The van der Waals surface area contributed by atoms with E-state index in [1.807, 2.05) is 36.1 Å². The highest BCUT2D eigenvalue weighted by atomic mass is 35.5. The molecule has 4 N–H and O–H groups in total. The van der Waals surface area contributed by atoms with Gasteiger partial charge in [0.2, 0.25) is 5.91 Å². The number of hydrogen-bond acceptors (Lipinski definition) is 5. The number of fused-ring (bicyclic) bond motifs is 1. The van der Waals surface area contributed by atoms with Crippen molar-refractivity contribution in [1.29, 1.82) is 5.26 Å². The molecule has 1 saturated heterocycles. The van der Waals surface area contributed by atoms with Crippen LogP contribution in [0.3, 0.4) is 0 Å². The standard InChI is InChI=1S/C22H27ClN6O/c1-3-12-5-4-6-14(16(12)9-24)21-17(11-26-29(21)2)13-7-15-19(10-25)27-28-22(30)20(15)18(23)8-13/h4-6,11,13,15,18-20,27H,3,7-8,10,25H2,1-2H3,(H,28,30). The molecule has 4 rings (SSSR count). The number of halogens is 1. The maximum atomic E-state index is 12.4. The minimum Gasteiger partial charge on any atom is -0.329 e. The molecule has 2 aliphatic rings. The zero-order chi connectivity index (χ0) is 21.4. The molecule has 8 heteroatoms. The summed E-state index contributed by atoms with van der Waals surface area (Å²) >= 11 is 6.75. The average molecular weight is 427 g/mol. The van der Waals surface area contributed by atoms with Gasteiger partial charge >= 0.3 is 0 Å². The molecule has 1 aliphatic carbocycles. The first-order valence-corrected chi connectivity index (χ1v) is 10.9. The Hall–Kier alpha value is -2.40. The summed E-state index contributed by atoms with van der Waals surface area (Å²) in [6.45, 7) is 2.48. The fourth-order valence-corrected chi connectivity index (χ4v) is 5.70. The number of rotatable bonds is 4. The van der Waals surface area contributed by atoms with E-state index in [0.717, 1.165) is 35.2 Å². The highest BCUT2D eigenvalue weighted by molar-refractivity contribution is 6.22.